The van der Waals surface area contributed by atoms with Crippen LogP contribution >= 0.6 is 11.6 Å². The number of hydrogen-bond donors (Lipinski definition) is 1. The van der Waals surface area contributed by atoms with Crippen molar-refractivity contribution in [3.05, 3.63) is 70.7 Å². The summed E-state index contributed by atoms with van der Waals surface area (Å²) >= 11 is 5.94. The van der Waals surface area contributed by atoms with Gasteiger partial charge >= 0.3 is 0 Å². The standard InChI is InChI=1S/C16H15ClN2/c17-15-8-4-7-14(11-15)16(12-18)19-10-9-13-5-2-1-3-6-13/h1-8,11,16,19H,9-10H2. The Morgan fingerprint density at radius 3 is 2.58 bits per heavy atom. The van der Waals surface area contributed by atoms with Crippen molar-refractivity contribution in [1.82, 2.24) is 5.32 Å². The van der Waals surface area contributed by atoms with E-state index in [1.54, 1.807) is 0 Å². The zero-order chi connectivity index (χ0) is 13.5. The summed E-state index contributed by atoms with van der Waals surface area (Å²) in [7, 11) is 0. The molecule has 0 aliphatic rings. The molecule has 0 bridgehead atoms. The molecule has 0 radical (unpaired) electrons. The Balaban J connectivity index is 1.92. The quantitative estimate of drug-likeness (QED) is 0.898. The highest BCUT2D eigenvalue weighted by Gasteiger charge is 2.09. The van der Waals surface area contributed by atoms with E-state index >= 15 is 0 Å². The minimum Gasteiger partial charge on any atom is -0.298 e. The molecule has 0 aliphatic heterocycles. The largest absolute Gasteiger partial charge is 0.298 e. The van der Waals surface area contributed by atoms with Gasteiger partial charge in [0.05, 0.1) is 6.07 Å². The first kappa shape index (κ1) is 13.6. The molecule has 0 heterocycles. The van der Waals surface area contributed by atoms with E-state index in [4.69, 9.17) is 11.6 Å². The van der Waals surface area contributed by atoms with Gasteiger partial charge in [0.2, 0.25) is 0 Å². The fourth-order valence-corrected chi connectivity index (χ4v) is 2.13. The van der Waals surface area contributed by atoms with Crippen LogP contribution in [0.1, 0.15) is 17.2 Å². The van der Waals surface area contributed by atoms with E-state index in [9.17, 15) is 5.26 Å². The summed E-state index contributed by atoms with van der Waals surface area (Å²) in [4.78, 5) is 0. The lowest BCUT2D eigenvalue weighted by Crippen LogP contribution is -2.22. The summed E-state index contributed by atoms with van der Waals surface area (Å²) in [6, 6.07) is 19.6. The first-order chi connectivity index (χ1) is 9.29. The molecule has 96 valence electrons. The van der Waals surface area contributed by atoms with Gasteiger partial charge in [-0.3, -0.25) is 5.32 Å². The van der Waals surface area contributed by atoms with Crippen molar-refractivity contribution in [2.24, 2.45) is 0 Å². The van der Waals surface area contributed by atoms with E-state index < -0.39 is 0 Å². The summed E-state index contributed by atoms with van der Waals surface area (Å²) in [5.41, 5.74) is 2.17. The van der Waals surface area contributed by atoms with E-state index in [0.717, 1.165) is 18.5 Å². The summed E-state index contributed by atoms with van der Waals surface area (Å²) < 4.78 is 0. The smallest absolute Gasteiger partial charge is 0.121 e. The van der Waals surface area contributed by atoms with E-state index in [1.165, 1.54) is 5.56 Å². The molecule has 1 N–H and O–H groups in total. The molecule has 0 spiro atoms. The lowest BCUT2D eigenvalue weighted by Gasteiger charge is -2.12. The van der Waals surface area contributed by atoms with Crippen molar-refractivity contribution in [2.45, 2.75) is 12.5 Å². The van der Waals surface area contributed by atoms with Crippen LogP contribution in [0.5, 0.6) is 0 Å². The highest BCUT2D eigenvalue weighted by atomic mass is 35.5. The molecule has 0 aromatic heterocycles. The maximum Gasteiger partial charge on any atom is 0.121 e. The molecule has 0 saturated carbocycles. The van der Waals surface area contributed by atoms with Gasteiger partial charge in [0.1, 0.15) is 6.04 Å². The second-order valence-corrected chi connectivity index (χ2v) is 4.74. The number of rotatable bonds is 5. The van der Waals surface area contributed by atoms with Gasteiger partial charge in [-0.2, -0.15) is 5.26 Å². The Bertz CT molecular complexity index is 560. The number of nitrogens with zero attached hydrogens (tertiary/aromatic N) is 1. The highest BCUT2D eigenvalue weighted by Crippen LogP contribution is 2.17. The number of halogens is 1. The van der Waals surface area contributed by atoms with Crippen LogP contribution < -0.4 is 5.32 Å². The average Bonchev–Trinajstić information content (AvgIpc) is 2.45. The molecular formula is C16H15ClN2. The van der Waals surface area contributed by atoms with Gasteiger partial charge in [-0.25, -0.2) is 0 Å². The van der Waals surface area contributed by atoms with Gasteiger partial charge < -0.3 is 0 Å². The Morgan fingerprint density at radius 2 is 1.89 bits per heavy atom. The van der Waals surface area contributed by atoms with Gasteiger partial charge in [-0.05, 0) is 29.7 Å². The summed E-state index contributed by atoms with van der Waals surface area (Å²) in [5.74, 6) is 0. The van der Waals surface area contributed by atoms with Crippen LogP contribution in [-0.4, -0.2) is 6.54 Å². The minimum atomic E-state index is -0.317. The maximum atomic E-state index is 9.21. The van der Waals surface area contributed by atoms with Crippen molar-refractivity contribution >= 4 is 11.6 Å². The zero-order valence-corrected chi connectivity index (χ0v) is 11.3. The Kier molecular flexibility index (Phi) is 4.97. The first-order valence-corrected chi connectivity index (χ1v) is 6.60. The summed E-state index contributed by atoms with van der Waals surface area (Å²) in [6.45, 7) is 0.759. The molecule has 2 rings (SSSR count). The third-order valence-corrected chi connectivity index (χ3v) is 3.15. The van der Waals surface area contributed by atoms with Crippen molar-refractivity contribution in [1.29, 1.82) is 5.26 Å². The molecule has 0 saturated heterocycles. The van der Waals surface area contributed by atoms with Crippen molar-refractivity contribution in [2.75, 3.05) is 6.54 Å². The van der Waals surface area contributed by atoms with Crippen LogP contribution in [0.3, 0.4) is 0 Å². The molecule has 3 heteroatoms. The lowest BCUT2D eigenvalue weighted by atomic mass is 10.1. The van der Waals surface area contributed by atoms with E-state index in [1.807, 2.05) is 42.5 Å². The van der Waals surface area contributed by atoms with Crippen LogP contribution in [0.25, 0.3) is 0 Å². The highest BCUT2D eigenvalue weighted by molar-refractivity contribution is 6.30. The molecule has 1 unspecified atom stereocenters. The van der Waals surface area contributed by atoms with Gasteiger partial charge in [-0.15, -0.1) is 0 Å². The van der Waals surface area contributed by atoms with Gasteiger partial charge in [-0.1, -0.05) is 54.1 Å². The van der Waals surface area contributed by atoms with E-state index in [-0.39, 0.29) is 6.04 Å². The van der Waals surface area contributed by atoms with Crippen LogP contribution in [0.4, 0.5) is 0 Å². The SMILES string of the molecule is N#CC(NCCc1ccccc1)c1cccc(Cl)c1. The predicted octanol–water partition coefficient (Wildman–Crippen LogP) is 3.74. The molecule has 1 atom stereocenters. The fraction of sp³-hybridized carbons (Fsp3) is 0.188. The third-order valence-electron chi connectivity index (χ3n) is 2.92. The van der Waals surface area contributed by atoms with Crippen molar-refractivity contribution in [3.8, 4) is 6.07 Å². The van der Waals surface area contributed by atoms with E-state index in [2.05, 4.69) is 23.5 Å². The first-order valence-electron chi connectivity index (χ1n) is 6.22. The number of nitrogens with one attached hydrogen (secondary N) is 1. The molecule has 19 heavy (non-hydrogen) atoms. The van der Waals surface area contributed by atoms with Crippen LogP contribution in [0.15, 0.2) is 54.6 Å². The Labute approximate surface area is 118 Å². The van der Waals surface area contributed by atoms with Crippen molar-refractivity contribution < 1.29 is 0 Å². The van der Waals surface area contributed by atoms with Crippen LogP contribution in [0, 0.1) is 11.3 Å². The topological polar surface area (TPSA) is 35.8 Å². The van der Waals surface area contributed by atoms with Crippen molar-refractivity contribution in [3.63, 3.8) is 0 Å². The molecule has 0 fully saturated rings. The number of nitriles is 1. The molecule has 2 aromatic rings. The third kappa shape index (κ3) is 4.10. The molecule has 0 amide bonds. The molecule has 0 aliphatic carbocycles. The summed E-state index contributed by atoms with van der Waals surface area (Å²) in [5, 5.41) is 13.1. The number of benzene rings is 2. The molecular weight excluding hydrogens is 256 g/mol. The average molecular weight is 271 g/mol. The van der Waals surface area contributed by atoms with Crippen LogP contribution in [0.2, 0.25) is 5.02 Å². The summed E-state index contributed by atoms with van der Waals surface area (Å²) in [6.07, 6.45) is 0.902. The number of hydrogen-bond acceptors (Lipinski definition) is 2. The van der Waals surface area contributed by atoms with Crippen LogP contribution in [-0.2, 0) is 6.42 Å². The predicted molar refractivity (Wildman–Crippen MR) is 78.0 cm³/mol. The maximum absolute atomic E-state index is 9.21. The second-order valence-electron chi connectivity index (χ2n) is 4.31. The second kappa shape index (κ2) is 6.94. The Hall–Kier alpha value is -1.82. The minimum absolute atomic E-state index is 0.317. The Morgan fingerprint density at radius 1 is 1.11 bits per heavy atom. The monoisotopic (exact) mass is 270 g/mol. The molecule has 2 nitrogen and oxygen atoms in total. The lowest BCUT2D eigenvalue weighted by molar-refractivity contribution is 0.629. The van der Waals surface area contributed by atoms with Gasteiger partial charge in [0, 0.05) is 11.6 Å². The van der Waals surface area contributed by atoms with Gasteiger partial charge in [0.15, 0.2) is 0 Å². The van der Waals surface area contributed by atoms with E-state index in [0.29, 0.717) is 5.02 Å². The normalized spacial score (nSPS) is 11.8. The fourth-order valence-electron chi connectivity index (χ4n) is 1.93. The molecule has 2 aromatic carbocycles. The van der Waals surface area contributed by atoms with Gasteiger partial charge in [0.25, 0.3) is 0 Å². The zero-order valence-electron chi connectivity index (χ0n) is 10.5.